The Morgan fingerprint density at radius 2 is 2.11 bits per heavy atom. The summed E-state index contributed by atoms with van der Waals surface area (Å²) < 4.78 is 3.70. The van der Waals surface area contributed by atoms with Gasteiger partial charge < -0.3 is 10.0 Å². The molecule has 1 fully saturated rings. The summed E-state index contributed by atoms with van der Waals surface area (Å²) >= 11 is 1.19. The van der Waals surface area contributed by atoms with Gasteiger partial charge in [0.2, 0.25) is 0 Å². The second-order valence-corrected chi connectivity index (χ2v) is 5.78. The van der Waals surface area contributed by atoms with Crippen molar-refractivity contribution in [2.24, 2.45) is 0 Å². The number of nitrogens with zero attached hydrogens (tertiary/aromatic N) is 4. The minimum Gasteiger partial charge on any atom is -0.389 e. The third-order valence-electron chi connectivity index (χ3n) is 2.85. The Morgan fingerprint density at radius 1 is 1.44 bits per heavy atom. The molecule has 1 amide bonds. The van der Waals surface area contributed by atoms with Crippen molar-refractivity contribution < 1.29 is 9.90 Å². The van der Waals surface area contributed by atoms with Gasteiger partial charge in [-0.25, -0.2) is 0 Å². The molecule has 0 spiro atoms. The zero-order chi connectivity index (χ0) is 13.2. The van der Waals surface area contributed by atoms with E-state index in [-0.39, 0.29) is 5.91 Å². The molecule has 1 saturated heterocycles. The van der Waals surface area contributed by atoms with Crippen molar-refractivity contribution in [3.63, 3.8) is 0 Å². The summed E-state index contributed by atoms with van der Waals surface area (Å²) in [6, 6.07) is 0. The van der Waals surface area contributed by atoms with E-state index in [0.29, 0.717) is 25.3 Å². The predicted molar refractivity (Wildman–Crippen MR) is 68.6 cm³/mol. The first-order valence-electron chi connectivity index (χ1n) is 5.97. The average Bonchev–Trinajstić information content (AvgIpc) is 2.80. The van der Waals surface area contributed by atoms with Crippen molar-refractivity contribution in [3.05, 3.63) is 11.1 Å². The Hall–Kier alpha value is -1.05. The molecule has 1 N–H and O–H groups in total. The minimum absolute atomic E-state index is 0.0494. The van der Waals surface area contributed by atoms with Gasteiger partial charge in [0.1, 0.15) is 0 Å². The van der Waals surface area contributed by atoms with Crippen LogP contribution in [0.3, 0.4) is 0 Å². The van der Waals surface area contributed by atoms with E-state index in [1.165, 1.54) is 11.5 Å². The van der Waals surface area contributed by atoms with Crippen LogP contribution in [0.15, 0.2) is 5.38 Å². The SMILES string of the molecule is CC(C)(O)CN1CCN(C(=O)c2csnn2)CC1. The lowest BCUT2D eigenvalue weighted by Crippen LogP contribution is -2.52. The van der Waals surface area contributed by atoms with Gasteiger partial charge in [-0.05, 0) is 25.4 Å². The summed E-state index contributed by atoms with van der Waals surface area (Å²) in [5, 5.41) is 15.2. The Bertz CT molecular complexity index is 394. The van der Waals surface area contributed by atoms with E-state index in [2.05, 4.69) is 14.5 Å². The number of carbonyl (C=O) groups is 1. The molecule has 1 aliphatic heterocycles. The first-order valence-corrected chi connectivity index (χ1v) is 6.80. The highest BCUT2D eigenvalue weighted by atomic mass is 32.1. The number of aromatic nitrogens is 2. The van der Waals surface area contributed by atoms with Crippen molar-refractivity contribution in [2.75, 3.05) is 32.7 Å². The zero-order valence-corrected chi connectivity index (χ0v) is 11.5. The van der Waals surface area contributed by atoms with Crippen LogP contribution in [0.4, 0.5) is 0 Å². The highest BCUT2D eigenvalue weighted by Gasteiger charge is 2.26. The Morgan fingerprint density at radius 3 is 2.61 bits per heavy atom. The van der Waals surface area contributed by atoms with Crippen LogP contribution in [0, 0.1) is 0 Å². The molecular formula is C11H18N4O2S. The Labute approximate surface area is 110 Å². The topological polar surface area (TPSA) is 69.6 Å². The fourth-order valence-corrected chi connectivity index (χ4v) is 2.51. The smallest absolute Gasteiger partial charge is 0.275 e. The molecule has 0 atom stereocenters. The maximum absolute atomic E-state index is 12.0. The molecule has 7 heteroatoms. The summed E-state index contributed by atoms with van der Waals surface area (Å²) in [4.78, 5) is 16.0. The fourth-order valence-electron chi connectivity index (χ4n) is 2.08. The van der Waals surface area contributed by atoms with E-state index in [1.807, 2.05) is 0 Å². The van der Waals surface area contributed by atoms with Gasteiger partial charge in [0.05, 0.1) is 5.60 Å². The van der Waals surface area contributed by atoms with Gasteiger partial charge in [0.15, 0.2) is 5.69 Å². The van der Waals surface area contributed by atoms with E-state index >= 15 is 0 Å². The summed E-state index contributed by atoms with van der Waals surface area (Å²) in [5.41, 5.74) is -0.263. The van der Waals surface area contributed by atoms with Crippen LogP contribution >= 0.6 is 11.5 Å². The van der Waals surface area contributed by atoms with Crippen LogP contribution in [0.5, 0.6) is 0 Å². The molecule has 0 unspecified atom stereocenters. The van der Waals surface area contributed by atoms with Crippen molar-refractivity contribution in [3.8, 4) is 0 Å². The third kappa shape index (κ3) is 3.47. The molecule has 2 rings (SSSR count). The molecule has 0 aliphatic carbocycles. The molecule has 1 aromatic rings. The van der Waals surface area contributed by atoms with E-state index in [9.17, 15) is 9.90 Å². The molecule has 0 bridgehead atoms. The van der Waals surface area contributed by atoms with Crippen molar-refractivity contribution >= 4 is 17.4 Å². The van der Waals surface area contributed by atoms with Crippen LogP contribution in [-0.4, -0.2) is 68.7 Å². The zero-order valence-electron chi connectivity index (χ0n) is 10.7. The summed E-state index contributed by atoms with van der Waals surface area (Å²) in [6.07, 6.45) is 0. The predicted octanol–water partition coefficient (Wildman–Crippen LogP) is 0.0668. The molecule has 0 saturated carbocycles. The quantitative estimate of drug-likeness (QED) is 0.841. The van der Waals surface area contributed by atoms with Crippen LogP contribution in [0.25, 0.3) is 0 Å². The number of hydrogen-bond acceptors (Lipinski definition) is 6. The molecule has 0 aromatic carbocycles. The number of aliphatic hydroxyl groups is 1. The summed E-state index contributed by atoms with van der Waals surface area (Å²) in [5.74, 6) is -0.0494. The van der Waals surface area contributed by atoms with E-state index in [4.69, 9.17) is 0 Å². The number of piperazine rings is 1. The van der Waals surface area contributed by atoms with Gasteiger partial charge in [-0.15, -0.1) is 5.10 Å². The van der Waals surface area contributed by atoms with Crippen molar-refractivity contribution in [2.45, 2.75) is 19.4 Å². The van der Waals surface area contributed by atoms with Gasteiger partial charge >= 0.3 is 0 Å². The number of rotatable bonds is 3. The molecular weight excluding hydrogens is 252 g/mol. The van der Waals surface area contributed by atoms with Crippen LogP contribution in [0.1, 0.15) is 24.3 Å². The molecule has 100 valence electrons. The maximum atomic E-state index is 12.0. The lowest BCUT2D eigenvalue weighted by Gasteiger charge is -2.36. The molecule has 6 nitrogen and oxygen atoms in total. The normalized spacial score (nSPS) is 18.1. The first-order chi connectivity index (χ1) is 8.46. The van der Waals surface area contributed by atoms with Crippen molar-refractivity contribution in [1.82, 2.24) is 19.4 Å². The molecule has 0 radical (unpaired) electrons. The second-order valence-electron chi connectivity index (χ2n) is 5.17. The first kappa shape index (κ1) is 13.4. The van der Waals surface area contributed by atoms with E-state index in [1.54, 1.807) is 24.1 Å². The van der Waals surface area contributed by atoms with E-state index < -0.39 is 5.60 Å². The highest BCUT2D eigenvalue weighted by Crippen LogP contribution is 2.11. The lowest BCUT2D eigenvalue weighted by molar-refractivity contribution is 0.0177. The number of hydrogen-bond donors (Lipinski definition) is 1. The standard InChI is InChI=1S/C11H18N4O2S/c1-11(2,17)8-14-3-5-15(6-4-14)10(16)9-7-18-13-12-9/h7,17H,3-6,8H2,1-2H3. The third-order valence-corrected chi connectivity index (χ3v) is 3.35. The molecule has 2 heterocycles. The minimum atomic E-state index is -0.689. The van der Waals surface area contributed by atoms with Gasteiger partial charge in [0, 0.05) is 38.1 Å². The van der Waals surface area contributed by atoms with Gasteiger partial charge in [-0.1, -0.05) is 4.49 Å². The average molecular weight is 270 g/mol. The largest absolute Gasteiger partial charge is 0.389 e. The van der Waals surface area contributed by atoms with E-state index in [0.717, 1.165) is 13.1 Å². The maximum Gasteiger partial charge on any atom is 0.275 e. The summed E-state index contributed by atoms with van der Waals surface area (Å²) in [7, 11) is 0. The van der Waals surface area contributed by atoms with Gasteiger partial charge in [-0.3, -0.25) is 9.69 Å². The van der Waals surface area contributed by atoms with Gasteiger partial charge in [-0.2, -0.15) is 0 Å². The number of β-amino-alcohol motifs (C(OH)–C–C–N with tert-alkyl or cyclic N) is 1. The van der Waals surface area contributed by atoms with Gasteiger partial charge in [0.25, 0.3) is 5.91 Å². The molecule has 1 aromatic heterocycles. The Kier molecular flexibility index (Phi) is 3.94. The second kappa shape index (κ2) is 5.29. The summed E-state index contributed by atoms with van der Waals surface area (Å²) in [6.45, 7) is 7.14. The van der Waals surface area contributed by atoms with Crippen LogP contribution in [0.2, 0.25) is 0 Å². The van der Waals surface area contributed by atoms with Crippen LogP contribution < -0.4 is 0 Å². The van der Waals surface area contributed by atoms with Crippen molar-refractivity contribution in [1.29, 1.82) is 0 Å². The molecule has 1 aliphatic rings. The molecule has 18 heavy (non-hydrogen) atoms. The monoisotopic (exact) mass is 270 g/mol. The van der Waals surface area contributed by atoms with Crippen LogP contribution in [-0.2, 0) is 0 Å². The number of amides is 1. The Balaban J connectivity index is 1.85. The lowest BCUT2D eigenvalue weighted by atomic mass is 10.1. The highest BCUT2D eigenvalue weighted by molar-refractivity contribution is 7.03. The fraction of sp³-hybridized carbons (Fsp3) is 0.727. The number of carbonyl (C=O) groups excluding carboxylic acids is 1.